The number of aryl methyl sites for hydroxylation is 1. The fourth-order valence-electron chi connectivity index (χ4n) is 2.60. The van der Waals surface area contributed by atoms with E-state index in [1.54, 1.807) is 19.9 Å². The number of rotatable bonds is 6. The van der Waals surface area contributed by atoms with Crippen molar-refractivity contribution in [1.29, 1.82) is 0 Å². The van der Waals surface area contributed by atoms with Crippen molar-refractivity contribution < 1.29 is 23.1 Å². The van der Waals surface area contributed by atoms with Gasteiger partial charge in [-0.25, -0.2) is 4.98 Å². The molecule has 1 aromatic heterocycles. The van der Waals surface area contributed by atoms with E-state index in [-0.39, 0.29) is 31.1 Å². The summed E-state index contributed by atoms with van der Waals surface area (Å²) in [5.41, 5.74) is -1.55. The fraction of sp³-hybridized carbons (Fsp3) is 0.444. The summed E-state index contributed by atoms with van der Waals surface area (Å²) >= 11 is 0. The first-order valence-corrected chi connectivity index (χ1v) is 8.01. The van der Waals surface area contributed by atoms with Crippen LogP contribution in [-0.4, -0.2) is 26.2 Å². The van der Waals surface area contributed by atoms with Crippen molar-refractivity contribution in [3.8, 4) is 0 Å². The summed E-state index contributed by atoms with van der Waals surface area (Å²) in [5, 5.41) is 10.9. The number of benzene rings is 1. The van der Waals surface area contributed by atoms with Crippen LogP contribution in [0.5, 0.6) is 0 Å². The van der Waals surface area contributed by atoms with E-state index in [1.165, 1.54) is 29.4 Å². The molecule has 0 bridgehead atoms. The molecule has 7 heteroatoms. The molecule has 1 aromatic carbocycles. The van der Waals surface area contributed by atoms with Crippen LogP contribution < -0.4 is 0 Å². The van der Waals surface area contributed by atoms with Gasteiger partial charge in [0.15, 0.2) is 0 Å². The molecule has 2 rings (SSSR count). The van der Waals surface area contributed by atoms with Gasteiger partial charge in [-0.1, -0.05) is 32.0 Å². The van der Waals surface area contributed by atoms with Crippen molar-refractivity contribution in [3.63, 3.8) is 0 Å². The molecule has 136 valence electrons. The zero-order chi connectivity index (χ0) is 18.7. The maximum absolute atomic E-state index is 12.8. The summed E-state index contributed by atoms with van der Waals surface area (Å²) in [6.07, 6.45) is 0.227. The predicted octanol–water partition coefficient (Wildman–Crippen LogP) is 3.95. The van der Waals surface area contributed by atoms with Crippen LogP contribution >= 0.6 is 0 Å². The van der Waals surface area contributed by atoms with Crippen LogP contribution in [0, 0.1) is 5.92 Å². The van der Waals surface area contributed by atoms with Gasteiger partial charge in [0.2, 0.25) is 5.91 Å². The van der Waals surface area contributed by atoms with Gasteiger partial charge in [0, 0.05) is 12.4 Å². The number of carbonyl (C=O) groups excluding carboxylic acids is 1. The normalized spacial score (nSPS) is 14.5. The largest absolute Gasteiger partial charge is 0.416 e. The average Bonchev–Trinajstić information content (AvgIpc) is 3.07. The van der Waals surface area contributed by atoms with Crippen molar-refractivity contribution in [2.75, 3.05) is 0 Å². The molecule has 0 aliphatic carbocycles. The highest BCUT2D eigenvalue weighted by Crippen LogP contribution is 2.31. The van der Waals surface area contributed by atoms with Crippen LogP contribution in [-0.2, 0) is 12.6 Å². The SMILES string of the molecule is CC(C)C(O)(CCc1cccc(C(F)(F)F)c1)CC(=O)n1ccnc1. The van der Waals surface area contributed by atoms with Crippen LogP contribution in [0.25, 0.3) is 0 Å². The quantitative estimate of drug-likeness (QED) is 0.854. The summed E-state index contributed by atoms with van der Waals surface area (Å²) in [7, 11) is 0. The first kappa shape index (κ1) is 19.2. The third-order valence-electron chi connectivity index (χ3n) is 4.43. The smallest absolute Gasteiger partial charge is 0.389 e. The lowest BCUT2D eigenvalue weighted by atomic mass is 9.81. The molecule has 0 aliphatic heterocycles. The standard InChI is InChI=1S/C18H21F3N2O2/c1-13(2)17(25,11-16(24)23-9-8-22-12-23)7-6-14-4-3-5-15(10-14)18(19,20)21/h3-5,8-10,12-13,25H,6-7,11H2,1-2H3. The lowest BCUT2D eigenvalue weighted by molar-refractivity contribution is -0.137. The fourth-order valence-corrected chi connectivity index (χ4v) is 2.60. The molecule has 1 atom stereocenters. The van der Waals surface area contributed by atoms with Gasteiger partial charge in [0.05, 0.1) is 17.6 Å². The third-order valence-corrected chi connectivity index (χ3v) is 4.43. The van der Waals surface area contributed by atoms with Gasteiger partial charge in [-0.15, -0.1) is 0 Å². The monoisotopic (exact) mass is 354 g/mol. The van der Waals surface area contributed by atoms with E-state index in [0.29, 0.717) is 5.56 Å². The van der Waals surface area contributed by atoms with E-state index in [0.717, 1.165) is 12.1 Å². The lowest BCUT2D eigenvalue weighted by Crippen LogP contribution is -2.39. The van der Waals surface area contributed by atoms with E-state index in [4.69, 9.17) is 0 Å². The number of hydrogen-bond donors (Lipinski definition) is 1. The van der Waals surface area contributed by atoms with Gasteiger partial charge in [-0.2, -0.15) is 13.2 Å². The predicted molar refractivity (Wildman–Crippen MR) is 87.0 cm³/mol. The molecule has 0 aliphatic rings. The second kappa shape index (κ2) is 7.39. The molecule has 4 nitrogen and oxygen atoms in total. The summed E-state index contributed by atoms with van der Waals surface area (Å²) in [4.78, 5) is 16.0. The molecular weight excluding hydrogens is 333 g/mol. The van der Waals surface area contributed by atoms with Crippen molar-refractivity contribution >= 4 is 5.91 Å². The molecule has 0 amide bonds. The number of alkyl halides is 3. The molecule has 1 unspecified atom stereocenters. The molecule has 0 saturated heterocycles. The molecular formula is C18H21F3N2O2. The lowest BCUT2D eigenvalue weighted by Gasteiger charge is -2.32. The Kier molecular flexibility index (Phi) is 5.67. The van der Waals surface area contributed by atoms with Crippen molar-refractivity contribution in [1.82, 2.24) is 9.55 Å². The number of hydrogen-bond acceptors (Lipinski definition) is 3. The van der Waals surface area contributed by atoms with Crippen molar-refractivity contribution in [2.45, 2.75) is 44.9 Å². The Bertz CT molecular complexity index is 711. The van der Waals surface area contributed by atoms with Crippen LogP contribution in [0.15, 0.2) is 43.0 Å². The second-order valence-corrected chi connectivity index (χ2v) is 6.50. The zero-order valence-electron chi connectivity index (χ0n) is 14.1. The van der Waals surface area contributed by atoms with Crippen LogP contribution in [0.3, 0.4) is 0 Å². The van der Waals surface area contributed by atoms with E-state index >= 15 is 0 Å². The molecule has 25 heavy (non-hydrogen) atoms. The Morgan fingerprint density at radius 3 is 2.60 bits per heavy atom. The maximum atomic E-state index is 12.8. The minimum absolute atomic E-state index is 0.125. The first-order valence-electron chi connectivity index (χ1n) is 8.01. The highest BCUT2D eigenvalue weighted by molar-refractivity contribution is 5.79. The summed E-state index contributed by atoms with van der Waals surface area (Å²) in [5.74, 6) is -0.538. The molecule has 1 N–H and O–H groups in total. The second-order valence-electron chi connectivity index (χ2n) is 6.50. The number of aliphatic hydroxyl groups is 1. The Morgan fingerprint density at radius 2 is 2.04 bits per heavy atom. The Labute approximate surface area is 144 Å². The Hall–Kier alpha value is -2.15. The Balaban J connectivity index is 2.10. The average molecular weight is 354 g/mol. The summed E-state index contributed by atoms with van der Waals surface area (Å²) < 4.78 is 39.7. The topological polar surface area (TPSA) is 55.1 Å². The summed E-state index contributed by atoms with van der Waals surface area (Å²) in [6, 6.07) is 5.04. The van der Waals surface area contributed by atoms with Gasteiger partial charge in [-0.3, -0.25) is 9.36 Å². The molecule has 0 radical (unpaired) electrons. The number of nitrogens with zero attached hydrogens (tertiary/aromatic N) is 2. The van der Waals surface area contributed by atoms with E-state index < -0.39 is 17.3 Å². The highest BCUT2D eigenvalue weighted by Gasteiger charge is 2.34. The van der Waals surface area contributed by atoms with Crippen LogP contribution in [0.2, 0.25) is 0 Å². The molecule has 0 saturated carbocycles. The minimum atomic E-state index is -4.40. The number of aromatic nitrogens is 2. The minimum Gasteiger partial charge on any atom is -0.389 e. The van der Waals surface area contributed by atoms with Gasteiger partial charge in [0.1, 0.15) is 6.33 Å². The highest BCUT2D eigenvalue weighted by atomic mass is 19.4. The van der Waals surface area contributed by atoms with Crippen LogP contribution in [0.4, 0.5) is 13.2 Å². The van der Waals surface area contributed by atoms with Gasteiger partial charge < -0.3 is 5.11 Å². The maximum Gasteiger partial charge on any atom is 0.416 e. The number of imidazole rings is 1. The summed E-state index contributed by atoms with van der Waals surface area (Å²) in [6.45, 7) is 3.57. The van der Waals surface area contributed by atoms with E-state index in [9.17, 15) is 23.1 Å². The number of carbonyl (C=O) groups is 1. The van der Waals surface area contributed by atoms with Crippen molar-refractivity contribution in [3.05, 3.63) is 54.1 Å². The van der Waals surface area contributed by atoms with Gasteiger partial charge in [0.25, 0.3) is 0 Å². The van der Waals surface area contributed by atoms with Crippen molar-refractivity contribution in [2.24, 2.45) is 5.92 Å². The van der Waals surface area contributed by atoms with E-state index in [2.05, 4.69) is 4.98 Å². The molecule has 2 aromatic rings. The number of halogens is 3. The molecule has 0 spiro atoms. The molecule has 0 fully saturated rings. The van der Waals surface area contributed by atoms with Crippen LogP contribution in [0.1, 0.15) is 42.6 Å². The van der Waals surface area contributed by atoms with E-state index in [1.807, 2.05) is 0 Å². The van der Waals surface area contributed by atoms with Gasteiger partial charge >= 0.3 is 6.18 Å². The first-order chi connectivity index (χ1) is 11.6. The Morgan fingerprint density at radius 1 is 1.32 bits per heavy atom. The van der Waals surface area contributed by atoms with Gasteiger partial charge in [-0.05, 0) is 30.4 Å². The molecule has 1 heterocycles. The third kappa shape index (κ3) is 4.92. The zero-order valence-corrected chi connectivity index (χ0v) is 14.1.